The van der Waals surface area contributed by atoms with Crippen LogP contribution in [0.25, 0.3) is 11.3 Å². The molecule has 1 atom stereocenters. The largest absolute Gasteiger partial charge is 0.355 e. The monoisotopic (exact) mass is 340 g/mol. The fraction of sp³-hybridized carbons (Fsp3) is 0.500. The molecule has 0 saturated carbocycles. The van der Waals surface area contributed by atoms with Crippen molar-refractivity contribution < 1.29 is 4.79 Å². The molecule has 1 fully saturated rings. The Bertz CT molecular complexity index is 702. The molecule has 134 valence electrons. The number of nitrogens with zero attached hydrogens (tertiary/aromatic N) is 2. The lowest BCUT2D eigenvalue weighted by Crippen LogP contribution is -2.38. The van der Waals surface area contributed by atoms with Crippen LogP contribution in [0.2, 0.25) is 0 Å². The summed E-state index contributed by atoms with van der Waals surface area (Å²) in [6, 6.07) is 10.3. The second kappa shape index (κ2) is 7.40. The predicted molar refractivity (Wildman–Crippen MR) is 99.9 cm³/mol. The molecule has 0 spiro atoms. The van der Waals surface area contributed by atoms with E-state index in [4.69, 9.17) is 0 Å². The van der Waals surface area contributed by atoms with Gasteiger partial charge in [-0.2, -0.15) is 5.10 Å². The van der Waals surface area contributed by atoms with Crippen LogP contribution < -0.4 is 5.32 Å². The minimum absolute atomic E-state index is 0.132. The van der Waals surface area contributed by atoms with Gasteiger partial charge in [0.2, 0.25) is 5.91 Å². The average molecular weight is 340 g/mol. The van der Waals surface area contributed by atoms with E-state index in [0.29, 0.717) is 5.92 Å². The van der Waals surface area contributed by atoms with Crippen LogP contribution in [0.15, 0.2) is 36.5 Å². The van der Waals surface area contributed by atoms with Crippen molar-refractivity contribution in [1.29, 1.82) is 0 Å². The lowest BCUT2D eigenvalue weighted by molar-refractivity contribution is -0.128. The first-order chi connectivity index (χ1) is 11.9. The molecule has 2 N–H and O–H groups in total. The smallest absolute Gasteiger partial charge is 0.225 e. The summed E-state index contributed by atoms with van der Waals surface area (Å²) in [6.45, 7) is 9.60. The molecule has 1 aliphatic rings. The van der Waals surface area contributed by atoms with E-state index in [-0.39, 0.29) is 11.3 Å². The molecule has 0 bridgehead atoms. The van der Waals surface area contributed by atoms with Gasteiger partial charge in [0.25, 0.3) is 0 Å². The number of aromatic nitrogens is 2. The second-order valence-corrected chi connectivity index (χ2v) is 7.99. The molecule has 1 amide bonds. The topological polar surface area (TPSA) is 61.0 Å². The minimum Gasteiger partial charge on any atom is -0.355 e. The van der Waals surface area contributed by atoms with Gasteiger partial charge >= 0.3 is 0 Å². The summed E-state index contributed by atoms with van der Waals surface area (Å²) in [5.74, 6) is 0.658. The van der Waals surface area contributed by atoms with Gasteiger partial charge in [0, 0.05) is 30.6 Å². The summed E-state index contributed by atoms with van der Waals surface area (Å²) in [5.41, 5.74) is 3.18. The van der Waals surface area contributed by atoms with Crippen molar-refractivity contribution in [2.75, 3.05) is 19.6 Å². The van der Waals surface area contributed by atoms with E-state index in [0.717, 1.165) is 38.3 Å². The molecule has 2 heterocycles. The van der Waals surface area contributed by atoms with E-state index in [1.807, 2.05) is 45.2 Å². The number of aromatic amines is 1. The first kappa shape index (κ1) is 17.7. The summed E-state index contributed by atoms with van der Waals surface area (Å²) in [4.78, 5) is 14.5. The second-order valence-electron chi connectivity index (χ2n) is 7.99. The van der Waals surface area contributed by atoms with Gasteiger partial charge in [-0.15, -0.1) is 0 Å². The van der Waals surface area contributed by atoms with Crippen molar-refractivity contribution in [3.63, 3.8) is 0 Å². The number of hydrogen-bond acceptors (Lipinski definition) is 3. The van der Waals surface area contributed by atoms with Crippen LogP contribution in [0.4, 0.5) is 0 Å². The maximum atomic E-state index is 12.0. The summed E-state index contributed by atoms with van der Waals surface area (Å²) >= 11 is 0. The average Bonchev–Trinajstić information content (AvgIpc) is 3.22. The van der Waals surface area contributed by atoms with Crippen molar-refractivity contribution in [2.24, 2.45) is 11.3 Å². The molecule has 1 saturated heterocycles. The summed E-state index contributed by atoms with van der Waals surface area (Å²) < 4.78 is 0. The number of hydrogen-bond donors (Lipinski definition) is 2. The first-order valence-electron chi connectivity index (χ1n) is 9.02. The van der Waals surface area contributed by atoms with Crippen LogP contribution in [0, 0.1) is 11.3 Å². The molecule has 3 rings (SSSR count). The zero-order chi connectivity index (χ0) is 17.9. The van der Waals surface area contributed by atoms with Gasteiger partial charge in [-0.25, -0.2) is 0 Å². The number of likely N-dealkylation sites (tertiary alicyclic amines) is 1. The Morgan fingerprint density at radius 1 is 1.32 bits per heavy atom. The predicted octanol–water partition coefficient (Wildman–Crippen LogP) is 3.06. The Kier molecular flexibility index (Phi) is 5.23. The molecular formula is C20H28N4O. The summed E-state index contributed by atoms with van der Waals surface area (Å²) in [6.07, 6.45) is 3.06. The van der Waals surface area contributed by atoms with Crippen LogP contribution in [-0.4, -0.2) is 40.6 Å². The standard InChI is InChI=1S/C20H28N4O/c1-20(2,3)19(25)21-11-15-9-10-24(13-15)14-17-12-22-23-18(17)16-7-5-4-6-8-16/h4-8,12,15H,9-11,13-14H2,1-3H3,(H,21,25)(H,22,23)/t15-/m1/s1. The fourth-order valence-corrected chi connectivity index (χ4v) is 3.25. The zero-order valence-corrected chi connectivity index (χ0v) is 15.4. The Morgan fingerprint density at radius 2 is 2.08 bits per heavy atom. The molecule has 0 aliphatic carbocycles. The van der Waals surface area contributed by atoms with E-state index < -0.39 is 0 Å². The van der Waals surface area contributed by atoms with Gasteiger partial charge in [0.15, 0.2) is 0 Å². The highest BCUT2D eigenvalue weighted by atomic mass is 16.2. The Morgan fingerprint density at radius 3 is 2.80 bits per heavy atom. The van der Waals surface area contributed by atoms with Crippen LogP contribution in [0.3, 0.4) is 0 Å². The quantitative estimate of drug-likeness (QED) is 0.879. The molecule has 5 nitrogen and oxygen atoms in total. The number of carbonyl (C=O) groups is 1. The summed E-state index contributed by atoms with van der Waals surface area (Å²) in [5, 5.41) is 10.5. The van der Waals surface area contributed by atoms with Crippen LogP contribution in [-0.2, 0) is 11.3 Å². The molecule has 1 aromatic carbocycles. The number of rotatable bonds is 5. The Hall–Kier alpha value is -2.14. The fourth-order valence-electron chi connectivity index (χ4n) is 3.25. The van der Waals surface area contributed by atoms with E-state index in [1.54, 1.807) is 0 Å². The van der Waals surface area contributed by atoms with Gasteiger partial charge in [-0.05, 0) is 24.4 Å². The SMILES string of the molecule is CC(C)(C)C(=O)NC[C@H]1CCN(Cc2cn[nH]c2-c2ccccc2)C1. The molecule has 0 radical (unpaired) electrons. The van der Waals surface area contributed by atoms with E-state index >= 15 is 0 Å². The third-order valence-corrected chi connectivity index (χ3v) is 4.78. The number of nitrogens with one attached hydrogen (secondary N) is 2. The van der Waals surface area contributed by atoms with Crippen molar-refractivity contribution in [2.45, 2.75) is 33.7 Å². The Labute approximate surface area is 149 Å². The number of amides is 1. The van der Waals surface area contributed by atoms with Gasteiger partial charge < -0.3 is 5.32 Å². The highest BCUT2D eigenvalue weighted by molar-refractivity contribution is 5.81. The van der Waals surface area contributed by atoms with Crippen molar-refractivity contribution in [1.82, 2.24) is 20.4 Å². The van der Waals surface area contributed by atoms with Gasteiger partial charge in [0.1, 0.15) is 0 Å². The molecule has 0 unspecified atom stereocenters. The third-order valence-electron chi connectivity index (χ3n) is 4.78. The van der Waals surface area contributed by atoms with Gasteiger partial charge in [-0.3, -0.25) is 14.8 Å². The highest BCUT2D eigenvalue weighted by Gasteiger charge is 2.26. The molecule has 5 heteroatoms. The minimum atomic E-state index is -0.320. The summed E-state index contributed by atoms with van der Waals surface area (Å²) in [7, 11) is 0. The molecule has 1 aliphatic heterocycles. The van der Waals surface area contributed by atoms with Crippen LogP contribution >= 0.6 is 0 Å². The van der Waals surface area contributed by atoms with Crippen LogP contribution in [0.1, 0.15) is 32.8 Å². The lowest BCUT2D eigenvalue weighted by atomic mass is 9.95. The van der Waals surface area contributed by atoms with E-state index in [2.05, 4.69) is 32.5 Å². The van der Waals surface area contributed by atoms with Gasteiger partial charge in [0.05, 0.1) is 11.9 Å². The first-order valence-corrected chi connectivity index (χ1v) is 9.02. The number of H-pyrrole nitrogens is 1. The third kappa shape index (κ3) is 4.48. The van der Waals surface area contributed by atoms with Gasteiger partial charge in [-0.1, -0.05) is 51.1 Å². The molecule has 1 aromatic heterocycles. The van der Waals surface area contributed by atoms with E-state index in [9.17, 15) is 4.79 Å². The normalized spacial score (nSPS) is 18.4. The number of carbonyl (C=O) groups excluding carboxylic acids is 1. The lowest BCUT2D eigenvalue weighted by Gasteiger charge is -2.20. The Balaban J connectivity index is 1.54. The maximum Gasteiger partial charge on any atom is 0.225 e. The van der Waals surface area contributed by atoms with Crippen molar-refractivity contribution >= 4 is 5.91 Å². The molecule has 25 heavy (non-hydrogen) atoms. The number of benzene rings is 1. The highest BCUT2D eigenvalue weighted by Crippen LogP contribution is 2.25. The van der Waals surface area contributed by atoms with Crippen molar-refractivity contribution in [3.05, 3.63) is 42.1 Å². The van der Waals surface area contributed by atoms with Crippen LogP contribution in [0.5, 0.6) is 0 Å². The van der Waals surface area contributed by atoms with E-state index in [1.165, 1.54) is 11.1 Å². The maximum absolute atomic E-state index is 12.0. The van der Waals surface area contributed by atoms with Crippen molar-refractivity contribution in [3.8, 4) is 11.3 Å². The zero-order valence-electron chi connectivity index (χ0n) is 15.4. The molecular weight excluding hydrogens is 312 g/mol. The molecule has 2 aromatic rings.